The summed E-state index contributed by atoms with van der Waals surface area (Å²) in [5.41, 5.74) is -0.534. The van der Waals surface area contributed by atoms with Gasteiger partial charge < -0.3 is 18.9 Å². The molecule has 5 atom stereocenters. The van der Waals surface area contributed by atoms with Crippen molar-refractivity contribution in [3.63, 3.8) is 0 Å². The topological polar surface area (TPSA) is 36.9 Å². The zero-order valence-corrected chi connectivity index (χ0v) is 8.73. The SMILES string of the molecule is [B][C@@H]1O[C@@]2(COC)C(C)O[C@H]1C2OC. The largest absolute Gasteiger partial charge is 0.381 e. The first-order valence-electron chi connectivity index (χ1n) is 4.76. The molecule has 2 aliphatic heterocycles. The fraction of sp³-hybridized carbons (Fsp3) is 1.00. The highest BCUT2D eigenvalue weighted by Crippen LogP contribution is 2.44. The maximum atomic E-state index is 5.78. The van der Waals surface area contributed by atoms with E-state index in [-0.39, 0.29) is 18.3 Å². The van der Waals surface area contributed by atoms with Crippen LogP contribution >= 0.6 is 0 Å². The van der Waals surface area contributed by atoms with Gasteiger partial charge in [0.1, 0.15) is 25.7 Å². The fourth-order valence-corrected chi connectivity index (χ4v) is 2.46. The van der Waals surface area contributed by atoms with Crippen molar-refractivity contribution in [1.29, 1.82) is 0 Å². The Morgan fingerprint density at radius 1 is 1.43 bits per heavy atom. The molecule has 2 unspecified atom stereocenters. The average Bonchev–Trinajstić information content (AvgIpc) is 2.54. The highest BCUT2D eigenvalue weighted by molar-refractivity contribution is 6.11. The second-order valence-corrected chi connectivity index (χ2v) is 3.87. The minimum absolute atomic E-state index is 0.0443. The molecule has 0 aliphatic carbocycles. The summed E-state index contributed by atoms with van der Waals surface area (Å²) in [6.07, 6.45) is -0.352. The Morgan fingerprint density at radius 3 is 2.71 bits per heavy atom. The van der Waals surface area contributed by atoms with Gasteiger partial charge in [0.15, 0.2) is 0 Å². The molecule has 2 radical (unpaired) electrons. The third-order valence-electron chi connectivity index (χ3n) is 3.13. The van der Waals surface area contributed by atoms with Gasteiger partial charge in [-0.1, -0.05) is 0 Å². The minimum atomic E-state index is -0.534. The molecular weight excluding hydrogens is 183 g/mol. The number of hydrogen-bond donors (Lipinski definition) is 0. The Hall–Kier alpha value is -0.0951. The maximum absolute atomic E-state index is 5.78. The van der Waals surface area contributed by atoms with Crippen LogP contribution in [0.2, 0.25) is 0 Å². The Kier molecular flexibility index (Phi) is 2.60. The van der Waals surface area contributed by atoms with Crippen molar-refractivity contribution in [3.05, 3.63) is 0 Å². The highest BCUT2D eigenvalue weighted by atomic mass is 16.7. The molecule has 0 aromatic carbocycles. The molecule has 0 N–H and O–H groups in total. The van der Waals surface area contributed by atoms with E-state index in [2.05, 4.69) is 0 Å². The first-order chi connectivity index (χ1) is 6.65. The molecule has 78 valence electrons. The summed E-state index contributed by atoms with van der Waals surface area (Å²) >= 11 is 0. The van der Waals surface area contributed by atoms with Crippen LogP contribution in [0.1, 0.15) is 6.92 Å². The molecule has 2 saturated heterocycles. The maximum Gasteiger partial charge on any atom is 0.145 e. The lowest BCUT2D eigenvalue weighted by molar-refractivity contribution is -0.178. The second kappa shape index (κ2) is 3.49. The van der Waals surface area contributed by atoms with E-state index in [1.807, 2.05) is 6.92 Å². The second-order valence-electron chi connectivity index (χ2n) is 3.87. The standard InChI is InChI=1S/C9H15BO4/c1-5-9(4-11-2)7(12-3)6(13-5)8(10)14-9/h5-8H,4H2,1-3H3/t5?,6-,7?,8+,9-/m0/s1. The monoisotopic (exact) mass is 198 g/mol. The highest BCUT2D eigenvalue weighted by Gasteiger charge is 2.64. The average molecular weight is 198 g/mol. The Bertz CT molecular complexity index is 225. The summed E-state index contributed by atoms with van der Waals surface area (Å²) in [7, 11) is 9.06. The lowest BCUT2D eigenvalue weighted by Crippen LogP contribution is -2.50. The van der Waals surface area contributed by atoms with E-state index >= 15 is 0 Å². The van der Waals surface area contributed by atoms with Crippen LogP contribution in [-0.2, 0) is 18.9 Å². The molecule has 2 fully saturated rings. The van der Waals surface area contributed by atoms with Crippen molar-refractivity contribution >= 4 is 7.85 Å². The lowest BCUT2D eigenvalue weighted by Gasteiger charge is -2.34. The molecular formula is C9H15BO4. The van der Waals surface area contributed by atoms with Crippen molar-refractivity contribution in [3.8, 4) is 0 Å². The summed E-state index contributed by atoms with van der Waals surface area (Å²) in [6, 6.07) is -0.411. The first-order valence-corrected chi connectivity index (χ1v) is 4.76. The normalized spacial score (nSPS) is 51.4. The van der Waals surface area contributed by atoms with Crippen LogP contribution in [0, 0.1) is 0 Å². The lowest BCUT2D eigenvalue weighted by atomic mass is 9.90. The molecule has 2 bridgehead atoms. The van der Waals surface area contributed by atoms with E-state index < -0.39 is 11.6 Å². The molecule has 5 heteroatoms. The summed E-state index contributed by atoms with van der Waals surface area (Å²) in [4.78, 5) is 0. The van der Waals surface area contributed by atoms with E-state index in [4.69, 9.17) is 26.8 Å². The van der Waals surface area contributed by atoms with Crippen LogP contribution in [0.3, 0.4) is 0 Å². The molecule has 0 aromatic heterocycles. The summed E-state index contributed by atoms with van der Waals surface area (Å²) in [6.45, 7) is 2.40. The van der Waals surface area contributed by atoms with Gasteiger partial charge in [0, 0.05) is 20.2 Å². The summed E-state index contributed by atoms with van der Waals surface area (Å²) in [5, 5.41) is 0. The zero-order valence-electron chi connectivity index (χ0n) is 8.73. The van der Waals surface area contributed by atoms with E-state index in [0.29, 0.717) is 6.61 Å². The molecule has 2 rings (SSSR count). The van der Waals surface area contributed by atoms with Crippen molar-refractivity contribution < 1.29 is 18.9 Å². The zero-order chi connectivity index (χ0) is 10.3. The van der Waals surface area contributed by atoms with Gasteiger partial charge in [0.05, 0.1) is 12.7 Å². The molecule has 14 heavy (non-hydrogen) atoms. The Morgan fingerprint density at radius 2 is 2.14 bits per heavy atom. The molecule has 0 saturated carbocycles. The summed E-state index contributed by atoms with van der Waals surface area (Å²) in [5.74, 6) is 0. The van der Waals surface area contributed by atoms with Crippen LogP contribution in [0.4, 0.5) is 0 Å². The van der Waals surface area contributed by atoms with Crippen LogP contribution in [0.25, 0.3) is 0 Å². The van der Waals surface area contributed by atoms with Gasteiger partial charge in [-0.05, 0) is 6.92 Å². The van der Waals surface area contributed by atoms with Gasteiger partial charge in [-0.15, -0.1) is 0 Å². The molecule has 4 nitrogen and oxygen atoms in total. The van der Waals surface area contributed by atoms with Crippen molar-refractivity contribution in [2.24, 2.45) is 0 Å². The van der Waals surface area contributed by atoms with E-state index in [9.17, 15) is 0 Å². The molecule has 2 heterocycles. The number of rotatable bonds is 3. The number of fused-ring (bicyclic) bond motifs is 2. The van der Waals surface area contributed by atoms with Crippen molar-refractivity contribution in [2.75, 3.05) is 20.8 Å². The number of methoxy groups -OCH3 is 2. The third kappa shape index (κ3) is 1.16. The molecule has 0 spiro atoms. The predicted octanol–water partition coefficient (Wildman–Crippen LogP) is -0.301. The van der Waals surface area contributed by atoms with Crippen molar-refractivity contribution in [1.82, 2.24) is 0 Å². The van der Waals surface area contributed by atoms with Crippen LogP contribution in [0.15, 0.2) is 0 Å². The third-order valence-corrected chi connectivity index (χ3v) is 3.13. The Balaban J connectivity index is 2.25. The smallest absolute Gasteiger partial charge is 0.145 e. The van der Waals surface area contributed by atoms with Gasteiger partial charge in [-0.2, -0.15) is 0 Å². The van der Waals surface area contributed by atoms with Crippen molar-refractivity contribution in [2.45, 2.75) is 36.8 Å². The molecule has 2 aliphatic rings. The first kappa shape index (κ1) is 10.4. The minimum Gasteiger partial charge on any atom is -0.381 e. The fourth-order valence-electron chi connectivity index (χ4n) is 2.46. The van der Waals surface area contributed by atoms with Gasteiger partial charge in [0.25, 0.3) is 0 Å². The van der Waals surface area contributed by atoms with Gasteiger partial charge in [-0.3, -0.25) is 0 Å². The van der Waals surface area contributed by atoms with Crippen LogP contribution in [-0.4, -0.2) is 58.6 Å². The molecule has 0 aromatic rings. The van der Waals surface area contributed by atoms with Gasteiger partial charge in [-0.25, -0.2) is 0 Å². The Labute approximate surface area is 85.3 Å². The van der Waals surface area contributed by atoms with Gasteiger partial charge in [0.2, 0.25) is 0 Å². The predicted molar refractivity (Wildman–Crippen MR) is 50.4 cm³/mol. The van der Waals surface area contributed by atoms with E-state index in [0.717, 1.165) is 0 Å². The van der Waals surface area contributed by atoms with Crippen LogP contribution < -0.4 is 0 Å². The number of hydrogen-bond acceptors (Lipinski definition) is 4. The van der Waals surface area contributed by atoms with E-state index in [1.165, 1.54) is 0 Å². The summed E-state index contributed by atoms with van der Waals surface area (Å²) < 4.78 is 21.9. The molecule has 0 amide bonds. The van der Waals surface area contributed by atoms with E-state index in [1.54, 1.807) is 14.2 Å². The van der Waals surface area contributed by atoms with Crippen LogP contribution in [0.5, 0.6) is 0 Å². The number of ether oxygens (including phenoxy) is 4. The van der Waals surface area contributed by atoms with Gasteiger partial charge >= 0.3 is 0 Å². The quantitative estimate of drug-likeness (QED) is 0.583.